The van der Waals surface area contributed by atoms with Gasteiger partial charge in [-0.2, -0.15) is 13.2 Å². The number of hydrogen-bond acceptors (Lipinski definition) is 2. The lowest BCUT2D eigenvalue weighted by molar-refractivity contribution is -0.150. The van der Waals surface area contributed by atoms with Gasteiger partial charge in [-0.1, -0.05) is 6.07 Å². The molecule has 0 aromatic heterocycles. The van der Waals surface area contributed by atoms with Crippen LogP contribution < -0.4 is 10.6 Å². The molecule has 104 valence electrons. The van der Waals surface area contributed by atoms with Crippen molar-refractivity contribution in [2.45, 2.75) is 31.5 Å². The van der Waals surface area contributed by atoms with Gasteiger partial charge >= 0.3 is 6.18 Å². The third-order valence-corrected chi connectivity index (χ3v) is 3.24. The topological polar surface area (TPSA) is 41.1 Å². The van der Waals surface area contributed by atoms with Gasteiger partial charge in [0.2, 0.25) is 5.91 Å². The largest absolute Gasteiger partial charge is 0.397 e. The molecule has 2 N–H and O–H groups in total. The first kappa shape index (κ1) is 14.2. The van der Waals surface area contributed by atoms with Gasteiger partial charge in [0.05, 0.1) is 11.4 Å². The Balaban J connectivity index is 2.11. The number of hydrogen-bond donors (Lipinski definition) is 2. The number of anilines is 2. The molecule has 0 radical (unpaired) electrons. The van der Waals surface area contributed by atoms with E-state index in [9.17, 15) is 18.0 Å². The number of carbonyl (C=O) groups excluding carboxylic acids is 1. The summed E-state index contributed by atoms with van der Waals surface area (Å²) in [6.45, 7) is 0. The molecule has 3 nitrogen and oxygen atoms in total. The van der Waals surface area contributed by atoms with Crippen LogP contribution in [0.15, 0.2) is 22.7 Å². The SMILES string of the molecule is O=C(CC(F)(F)F)Nc1c(Br)cccc1NC1CC1. The number of benzene rings is 1. The summed E-state index contributed by atoms with van der Waals surface area (Å²) in [6, 6.07) is 5.49. The minimum absolute atomic E-state index is 0.340. The molecule has 0 unspecified atom stereocenters. The van der Waals surface area contributed by atoms with Crippen molar-refractivity contribution in [3.05, 3.63) is 22.7 Å². The number of amides is 1. The second-order valence-corrected chi connectivity index (χ2v) is 5.28. The zero-order valence-electron chi connectivity index (χ0n) is 9.85. The molecule has 1 fully saturated rings. The van der Waals surface area contributed by atoms with Gasteiger partial charge in [0.25, 0.3) is 0 Å². The third kappa shape index (κ3) is 4.41. The highest BCUT2D eigenvalue weighted by Crippen LogP contribution is 2.35. The highest BCUT2D eigenvalue weighted by molar-refractivity contribution is 9.10. The molecule has 0 aliphatic heterocycles. The second kappa shape index (κ2) is 5.40. The van der Waals surface area contributed by atoms with E-state index >= 15 is 0 Å². The number of rotatable bonds is 4. The molecule has 0 saturated heterocycles. The fourth-order valence-electron chi connectivity index (χ4n) is 1.58. The summed E-state index contributed by atoms with van der Waals surface area (Å²) in [5, 5.41) is 5.47. The lowest BCUT2D eigenvalue weighted by Gasteiger charge is -2.15. The van der Waals surface area contributed by atoms with Crippen LogP contribution in [-0.4, -0.2) is 18.1 Å². The molecular weight excluding hydrogens is 325 g/mol. The Labute approximate surface area is 116 Å². The third-order valence-electron chi connectivity index (χ3n) is 2.58. The normalized spacial score (nSPS) is 15.2. The summed E-state index contributed by atoms with van der Waals surface area (Å²) < 4.78 is 37.0. The lowest BCUT2D eigenvalue weighted by atomic mass is 10.2. The first-order valence-electron chi connectivity index (χ1n) is 5.77. The van der Waals surface area contributed by atoms with Gasteiger partial charge < -0.3 is 10.6 Å². The van der Waals surface area contributed by atoms with Gasteiger partial charge in [0, 0.05) is 10.5 Å². The maximum Gasteiger partial charge on any atom is 0.397 e. The Morgan fingerprint density at radius 1 is 1.37 bits per heavy atom. The Morgan fingerprint density at radius 2 is 2.05 bits per heavy atom. The van der Waals surface area contributed by atoms with Crippen molar-refractivity contribution >= 4 is 33.2 Å². The van der Waals surface area contributed by atoms with Crippen molar-refractivity contribution in [2.24, 2.45) is 0 Å². The molecule has 1 aromatic rings. The maximum atomic E-state index is 12.1. The molecule has 7 heteroatoms. The van der Waals surface area contributed by atoms with Crippen molar-refractivity contribution in [3.63, 3.8) is 0 Å². The molecule has 0 heterocycles. The summed E-state index contributed by atoms with van der Waals surface area (Å²) in [7, 11) is 0. The van der Waals surface area contributed by atoms with Crippen LogP contribution in [0.3, 0.4) is 0 Å². The Hall–Kier alpha value is -1.24. The standard InChI is InChI=1S/C12H12BrF3N2O/c13-8-2-1-3-9(17-7-4-5-7)11(8)18-10(19)6-12(14,15)16/h1-3,7,17H,4-6H2,(H,18,19). The first-order chi connectivity index (χ1) is 8.85. The zero-order valence-corrected chi connectivity index (χ0v) is 11.4. The van der Waals surface area contributed by atoms with Gasteiger partial charge in [-0.25, -0.2) is 0 Å². The van der Waals surface area contributed by atoms with E-state index in [-0.39, 0.29) is 0 Å². The summed E-state index contributed by atoms with van der Waals surface area (Å²) in [5.74, 6) is -1.07. The Morgan fingerprint density at radius 3 is 2.63 bits per heavy atom. The maximum absolute atomic E-state index is 12.1. The fourth-order valence-corrected chi connectivity index (χ4v) is 2.05. The van der Waals surface area contributed by atoms with Crippen molar-refractivity contribution in [3.8, 4) is 0 Å². The van der Waals surface area contributed by atoms with Crippen LogP contribution in [0.25, 0.3) is 0 Å². The van der Waals surface area contributed by atoms with Crippen LogP contribution in [0, 0.1) is 0 Å². The molecule has 1 aliphatic rings. The predicted octanol–water partition coefficient (Wildman–Crippen LogP) is 3.91. The first-order valence-corrected chi connectivity index (χ1v) is 6.56. The molecule has 1 aromatic carbocycles. The van der Waals surface area contributed by atoms with Crippen LogP contribution in [0.5, 0.6) is 0 Å². The molecule has 1 aliphatic carbocycles. The molecule has 2 rings (SSSR count). The Kier molecular flexibility index (Phi) is 4.03. The molecular formula is C12H12BrF3N2O. The van der Waals surface area contributed by atoms with Gasteiger partial charge in [0.15, 0.2) is 0 Å². The number of para-hydroxylation sites is 1. The average Bonchev–Trinajstić information content (AvgIpc) is 3.04. The molecule has 0 bridgehead atoms. The van der Waals surface area contributed by atoms with Crippen LogP contribution in [0.1, 0.15) is 19.3 Å². The minimum Gasteiger partial charge on any atom is -0.381 e. The number of carbonyl (C=O) groups is 1. The zero-order chi connectivity index (χ0) is 14.0. The molecule has 0 atom stereocenters. The quantitative estimate of drug-likeness (QED) is 0.875. The van der Waals surface area contributed by atoms with Crippen LogP contribution in [0.2, 0.25) is 0 Å². The van der Waals surface area contributed by atoms with E-state index in [1.165, 1.54) is 0 Å². The van der Waals surface area contributed by atoms with Crippen molar-refractivity contribution < 1.29 is 18.0 Å². The number of alkyl halides is 3. The summed E-state index contributed by atoms with van der Waals surface area (Å²) in [5.41, 5.74) is 0.982. The smallest absolute Gasteiger partial charge is 0.381 e. The van der Waals surface area contributed by atoms with Gasteiger partial charge in [0.1, 0.15) is 6.42 Å². The van der Waals surface area contributed by atoms with Crippen LogP contribution in [0.4, 0.5) is 24.5 Å². The molecule has 1 amide bonds. The van der Waals surface area contributed by atoms with Gasteiger partial charge in [-0.05, 0) is 40.9 Å². The van der Waals surface area contributed by atoms with E-state index in [1.807, 2.05) is 0 Å². The van der Waals surface area contributed by atoms with E-state index in [0.717, 1.165) is 12.8 Å². The molecule has 19 heavy (non-hydrogen) atoms. The second-order valence-electron chi connectivity index (χ2n) is 4.42. The van der Waals surface area contributed by atoms with Crippen LogP contribution in [-0.2, 0) is 4.79 Å². The van der Waals surface area contributed by atoms with E-state index in [4.69, 9.17) is 0 Å². The number of halogens is 4. The van der Waals surface area contributed by atoms with E-state index < -0.39 is 18.5 Å². The summed E-state index contributed by atoms with van der Waals surface area (Å²) >= 11 is 3.23. The van der Waals surface area contributed by atoms with Gasteiger partial charge in [-0.3, -0.25) is 4.79 Å². The molecule has 0 spiro atoms. The van der Waals surface area contributed by atoms with Crippen molar-refractivity contribution in [1.82, 2.24) is 0 Å². The Bertz CT molecular complexity index is 486. The van der Waals surface area contributed by atoms with E-state index in [0.29, 0.717) is 21.9 Å². The monoisotopic (exact) mass is 336 g/mol. The van der Waals surface area contributed by atoms with Crippen molar-refractivity contribution in [2.75, 3.05) is 10.6 Å². The van der Waals surface area contributed by atoms with E-state index in [1.54, 1.807) is 18.2 Å². The predicted molar refractivity (Wildman–Crippen MR) is 70.1 cm³/mol. The van der Waals surface area contributed by atoms with E-state index in [2.05, 4.69) is 26.6 Å². The van der Waals surface area contributed by atoms with Gasteiger partial charge in [-0.15, -0.1) is 0 Å². The minimum atomic E-state index is -4.50. The average molecular weight is 337 g/mol. The fraction of sp³-hybridized carbons (Fsp3) is 0.417. The summed E-state index contributed by atoms with van der Waals surface area (Å²) in [6.07, 6.45) is -3.93. The summed E-state index contributed by atoms with van der Waals surface area (Å²) in [4.78, 5) is 11.4. The highest BCUT2D eigenvalue weighted by Gasteiger charge is 2.32. The highest BCUT2D eigenvalue weighted by atomic mass is 79.9. The molecule has 1 saturated carbocycles. The lowest BCUT2D eigenvalue weighted by Crippen LogP contribution is -2.22. The number of nitrogens with one attached hydrogen (secondary N) is 2. The van der Waals surface area contributed by atoms with Crippen LogP contribution >= 0.6 is 15.9 Å². The van der Waals surface area contributed by atoms with Crippen molar-refractivity contribution in [1.29, 1.82) is 0 Å².